The maximum atomic E-state index is 11.4. The number of nitrogens with zero attached hydrogens (tertiary/aromatic N) is 5. The second-order valence-electron chi connectivity index (χ2n) is 5.06. The predicted octanol–water partition coefficient (Wildman–Crippen LogP) is 1.65. The van der Waals surface area contributed by atoms with Crippen molar-refractivity contribution in [2.45, 2.75) is 25.7 Å². The van der Waals surface area contributed by atoms with Gasteiger partial charge in [-0.2, -0.15) is 0 Å². The van der Waals surface area contributed by atoms with E-state index >= 15 is 0 Å². The summed E-state index contributed by atoms with van der Waals surface area (Å²) in [5.74, 6) is 0.644. The SMILES string of the molecule is CN(C)Nc1ncnc(N2CCCCCC2)c1[N+](=O)[O-]. The molecule has 1 fully saturated rings. The van der Waals surface area contributed by atoms with Crippen LogP contribution in [-0.2, 0) is 0 Å². The number of hydrazine groups is 1. The largest absolute Gasteiger partial charge is 0.354 e. The van der Waals surface area contributed by atoms with E-state index in [4.69, 9.17) is 0 Å². The van der Waals surface area contributed by atoms with Crippen LogP contribution in [0.1, 0.15) is 25.7 Å². The van der Waals surface area contributed by atoms with Gasteiger partial charge in [-0.1, -0.05) is 12.8 Å². The Balaban J connectivity index is 2.37. The minimum Gasteiger partial charge on any atom is -0.351 e. The molecule has 0 radical (unpaired) electrons. The predicted molar refractivity (Wildman–Crippen MR) is 76.7 cm³/mol. The molecule has 0 spiro atoms. The zero-order valence-corrected chi connectivity index (χ0v) is 11.9. The quantitative estimate of drug-likeness (QED) is 0.662. The molecule has 1 aliphatic rings. The second kappa shape index (κ2) is 6.47. The highest BCUT2D eigenvalue weighted by molar-refractivity contribution is 5.70. The van der Waals surface area contributed by atoms with Crippen LogP contribution in [0.25, 0.3) is 0 Å². The van der Waals surface area contributed by atoms with Crippen molar-refractivity contribution in [1.82, 2.24) is 15.0 Å². The van der Waals surface area contributed by atoms with Gasteiger partial charge in [0.15, 0.2) is 0 Å². The van der Waals surface area contributed by atoms with Crippen LogP contribution in [-0.4, -0.2) is 47.1 Å². The average Bonchev–Trinajstić information content (AvgIpc) is 2.66. The van der Waals surface area contributed by atoms with Crippen LogP contribution < -0.4 is 10.3 Å². The molecule has 0 saturated carbocycles. The Hall–Kier alpha value is -1.96. The zero-order chi connectivity index (χ0) is 14.5. The van der Waals surface area contributed by atoms with Crippen LogP contribution in [0.5, 0.6) is 0 Å². The highest BCUT2D eigenvalue weighted by Crippen LogP contribution is 2.32. The van der Waals surface area contributed by atoms with Gasteiger partial charge in [-0.15, -0.1) is 0 Å². The Morgan fingerprint density at radius 2 is 1.90 bits per heavy atom. The number of nitro groups is 1. The van der Waals surface area contributed by atoms with Crippen LogP contribution in [0.3, 0.4) is 0 Å². The Morgan fingerprint density at radius 1 is 1.25 bits per heavy atom. The van der Waals surface area contributed by atoms with Gasteiger partial charge in [0.1, 0.15) is 6.33 Å². The Labute approximate surface area is 117 Å². The summed E-state index contributed by atoms with van der Waals surface area (Å²) in [6.07, 6.45) is 5.78. The van der Waals surface area contributed by atoms with E-state index in [9.17, 15) is 10.1 Å². The van der Waals surface area contributed by atoms with Crippen molar-refractivity contribution in [2.75, 3.05) is 37.5 Å². The molecular weight excluding hydrogens is 260 g/mol. The smallest absolute Gasteiger partial charge is 0.351 e. The van der Waals surface area contributed by atoms with Gasteiger partial charge in [0.25, 0.3) is 0 Å². The molecule has 1 saturated heterocycles. The van der Waals surface area contributed by atoms with Crippen molar-refractivity contribution in [1.29, 1.82) is 0 Å². The molecule has 0 bridgehead atoms. The van der Waals surface area contributed by atoms with Crippen LogP contribution >= 0.6 is 0 Å². The monoisotopic (exact) mass is 280 g/mol. The molecule has 8 nitrogen and oxygen atoms in total. The first-order valence-corrected chi connectivity index (χ1v) is 6.78. The molecule has 8 heteroatoms. The summed E-state index contributed by atoms with van der Waals surface area (Å²) in [5, 5.41) is 13.0. The Morgan fingerprint density at radius 3 is 2.45 bits per heavy atom. The highest BCUT2D eigenvalue weighted by Gasteiger charge is 2.27. The summed E-state index contributed by atoms with van der Waals surface area (Å²) < 4.78 is 0. The van der Waals surface area contributed by atoms with Crippen molar-refractivity contribution >= 4 is 17.3 Å². The summed E-state index contributed by atoms with van der Waals surface area (Å²) in [7, 11) is 3.52. The van der Waals surface area contributed by atoms with Gasteiger partial charge < -0.3 is 4.90 Å². The Bertz CT molecular complexity index is 471. The molecule has 0 aliphatic carbocycles. The molecule has 20 heavy (non-hydrogen) atoms. The van der Waals surface area contributed by atoms with Crippen molar-refractivity contribution in [3.8, 4) is 0 Å². The summed E-state index contributed by atoms with van der Waals surface area (Å²) in [6.45, 7) is 1.61. The average molecular weight is 280 g/mol. The van der Waals surface area contributed by atoms with Gasteiger partial charge in [-0.3, -0.25) is 15.5 Å². The number of anilines is 2. The van der Waals surface area contributed by atoms with Gasteiger partial charge >= 0.3 is 5.69 Å². The van der Waals surface area contributed by atoms with Crippen LogP contribution in [0.15, 0.2) is 6.33 Å². The van der Waals surface area contributed by atoms with Crippen LogP contribution in [0.4, 0.5) is 17.3 Å². The minimum absolute atomic E-state index is 0.0527. The molecule has 0 aromatic carbocycles. The lowest BCUT2D eigenvalue weighted by Gasteiger charge is -2.22. The van der Waals surface area contributed by atoms with E-state index in [1.807, 2.05) is 4.90 Å². The standard InChI is InChI=1S/C12H20N6O2/c1-16(2)15-11-10(18(19)20)12(14-9-13-11)17-7-5-3-4-6-8-17/h9H,3-8H2,1-2H3,(H,13,14,15). The van der Waals surface area contributed by atoms with Crippen molar-refractivity contribution in [3.63, 3.8) is 0 Å². The topological polar surface area (TPSA) is 87.4 Å². The second-order valence-corrected chi connectivity index (χ2v) is 5.06. The van der Waals surface area contributed by atoms with Crippen molar-refractivity contribution in [2.24, 2.45) is 0 Å². The Kier molecular flexibility index (Phi) is 4.67. The van der Waals surface area contributed by atoms with E-state index in [-0.39, 0.29) is 11.5 Å². The molecule has 0 unspecified atom stereocenters. The molecule has 0 atom stereocenters. The third-order valence-corrected chi connectivity index (χ3v) is 3.22. The maximum Gasteiger partial charge on any atom is 0.354 e. The number of aromatic nitrogens is 2. The van der Waals surface area contributed by atoms with E-state index in [2.05, 4.69) is 15.4 Å². The number of nitrogens with one attached hydrogen (secondary N) is 1. The zero-order valence-electron chi connectivity index (χ0n) is 11.9. The van der Waals surface area contributed by atoms with Crippen LogP contribution in [0.2, 0.25) is 0 Å². The first-order chi connectivity index (χ1) is 9.59. The molecule has 1 N–H and O–H groups in total. The highest BCUT2D eigenvalue weighted by atomic mass is 16.6. The first kappa shape index (κ1) is 14.4. The molecule has 110 valence electrons. The van der Waals surface area contributed by atoms with E-state index in [1.165, 1.54) is 6.33 Å². The lowest BCUT2D eigenvalue weighted by Crippen LogP contribution is -2.27. The number of hydrogen-bond donors (Lipinski definition) is 1. The maximum absolute atomic E-state index is 11.4. The lowest BCUT2D eigenvalue weighted by atomic mass is 10.2. The molecule has 1 aromatic rings. The third-order valence-electron chi connectivity index (χ3n) is 3.22. The normalized spacial score (nSPS) is 16.1. The van der Waals surface area contributed by atoms with Gasteiger partial charge in [0.2, 0.25) is 11.6 Å². The van der Waals surface area contributed by atoms with E-state index in [1.54, 1.807) is 19.1 Å². The summed E-state index contributed by atoms with van der Waals surface area (Å²) in [5.41, 5.74) is 2.81. The molecule has 2 heterocycles. The van der Waals surface area contributed by atoms with Crippen LogP contribution in [0, 0.1) is 10.1 Å². The number of hydrogen-bond acceptors (Lipinski definition) is 7. The fourth-order valence-corrected chi connectivity index (χ4v) is 2.35. The van der Waals surface area contributed by atoms with Crippen molar-refractivity contribution < 1.29 is 4.92 Å². The summed E-state index contributed by atoms with van der Waals surface area (Å²) >= 11 is 0. The van der Waals surface area contributed by atoms with Gasteiger partial charge in [0.05, 0.1) is 4.92 Å². The number of rotatable bonds is 4. The minimum atomic E-state index is -0.411. The molecule has 1 aromatic heterocycles. The molecule has 0 amide bonds. The van der Waals surface area contributed by atoms with Gasteiger partial charge in [-0.25, -0.2) is 15.0 Å². The van der Waals surface area contributed by atoms with Crippen molar-refractivity contribution in [3.05, 3.63) is 16.4 Å². The molecule has 2 rings (SSSR count). The first-order valence-electron chi connectivity index (χ1n) is 6.78. The fourth-order valence-electron chi connectivity index (χ4n) is 2.35. The third kappa shape index (κ3) is 3.32. The molecule has 1 aliphatic heterocycles. The summed E-state index contributed by atoms with van der Waals surface area (Å²) in [6, 6.07) is 0. The van der Waals surface area contributed by atoms with E-state index in [0.29, 0.717) is 5.82 Å². The van der Waals surface area contributed by atoms with E-state index < -0.39 is 4.92 Å². The van der Waals surface area contributed by atoms with Gasteiger partial charge in [-0.05, 0) is 12.8 Å². The van der Waals surface area contributed by atoms with E-state index in [0.717, 1.165) is 38.8 Å². The fraction of sp³-hybridized carbons (Fsp3) is 0.667. The lowest BCUT2D eigenvalue weighted by molar-refractivity contribution is -0.383. The van der Waals surface area contributed by atoms with Gasteiger partial charge in [0, 0.05) is 27.2 Å². The molecular formula is C12H20N6O2. The summed E-state index contributed by atoms with van der Waals surface area (Å²) in [4.78, 5) is 21.1.